The lowest BCUT2D eigenvalue weighted by atomic mass is 9.81. The highest BCUT2D eigenvalue weighted by atomic mass is 127. The highest BCUT2D eigenvalue weighted by molar-refractivity contribution is 14.1. The van der Waals surface area contributed by atoms with E-state index in [1.54, 1.807) is 47.4 Å². The second-order valence-corrected chi connectivity index (χ2v) is 39.4. The van der Waals surface area contributed by atoms with Gasteiger partial charge in [0.1, 0.15) is 92.4 Å². The number of anilines is 5. The number of aliphatic carboxylic acids is 1. The molecule has 5 fully saturated rings. The number of hydrogen-bond donors (Lipinski definition) is 11. The standard InChI is InChI=1S/C21H24ClN7O.C15H20IN7O.C14H19IN6O2.C9H11IN6.C9H17NO3.C6H6BClO2.C6H11NO2.C5H4IN5/c1-27(2)10-3-4-17(30)28-11-9-16(12-28)29-21-18(20(23)24-13-25-21)19(26-29)14-5-7-15(22)8-6-14;1-21(2)6-3-4-11(24)22-7-5-10(8-22)23-15-12(13(16)20-23)14(17)18-9-19-15;1-14(2,3)23-13(22)20-5-4-8(6-20)21-12-9(10(15)19-21)11(16)17-7-18-12;10-7-6-8(11)13-4-14-9(6)16(15-7)5-1-2-12-3-5;1-9(2,3)13-8(12)10-5-4-7(11)6-10;8-6-3-1-5(2-4-6)7(9)10;1-7(2)5-3-4-6(8)9;6-3-2-4(7)8-1-9-5(2)11-10-3/h3-8,13,16H,9-12H2,1-2H3,(H2,23,24,25);3-4,9-10H,5-8H2,1-2H3,(H2,17,18,19);7-8H,4-6H2,1-3H3,(H2,16,17,18);4-5,12H,1-3H2,(H2,11,13,14);7,11H,4-6H2,1-3H3;1-4,9-10H;3-4H,5H2,1-2H3,(H,8,9);1H,(H3,7,8,9,10,11)/b2*4-3+;;;;;4-3+;/t16-;10-;8-;5-;7-;;;/m11110.../s1. The van der Waals surface area contributed by atoms with E-state index in [9.17, 15) is 29.1 Å². The van der Waals surface area contributed by atoms with Crippen LogP contribution in [0.25, 0.3) is 66.4 Å². The van der Waals surface area contributed by atoms with Crippen LogP contribution in [-0.4, -0.2) is 335 Å². The largest absolute Gasteiger partial charge is 0.488 e. The summed E-state index contributed by atoms with van der Waals surface area (Å²) in [5, 5.41) is 68.2. The lowest BCUT2D eigenvalue weighted by Gasteiger charge is -2.24. The number of amides is 4. The molecule has 0 aliphatic carbocycles. The Kier molecular flexibility index (Phi) is 39.4. The first kappa shape index (κ1) is 108. The number of rotatable bonds is 15. The topological polar surface area (TPSA) is 578 Å². The Labute approximate surface area is 849 Å². The third kappa shape index (κ3) is 30.3. The number of likely N-dealkylation sites (N-methyl/N-ethyl adjacent to an activating group) is 3. The molecule has 0 spiro atoms. The summed E-state index contributed by atoms with van der Waals surface area (Å²) < 4.78 is 21.5. The van der Waals surface area contributed by atoms with E-state index >= 15 is 0 Å². The molecule has 2 aromatic carbocycles. The van der Waals surface area contributed by atoms with Crippen molar-refractivity contribution in [1.29, 1.82) is 0 Å². The second kappa shape index (κ2) is 49.8. The molecule has 5 aliphatic heterocycles. The number of nitrogens with one attached hydrogen (secondary N) is 2. The van der Waals surface area contributed by atoms with Gasteiger partial charge in [0, 0.05) is 112 Å². The van der Waals surface area contributed by atoms with Gasteiger partial charge >= 0.3 is 25.3 Å². The van der Waals surface area contributed by atoms with E-state index in [0.717, 1.165) is 122 Å². The van der Waals surface area contributed by atoms with Crippen LogP contribution in [0.1, 0.15) is 97.8 Å². The first-order chi connectivity index (χ1) is 64.4. The molecule has 728 valence electrons. The van der Waals surface area contributed by atoms with Crippen molar-refractivity contribution in [3.8, 4) is 11.3 Å². The summed E-state index contributed by atoms with van der Waals surface area (Å²) in [6.07, 6.45) is 20.2. The molecule has 0 unspecified atom stereocenters. The van der Waals surface area contributed by atoms with Gasteiger partial charge < -0.3 is 98.0 Å². The molecule has 10 aromatic heterocycles. The zero-order valence-electron chi connectivity index (χ0n) is 77.1. The van der Waals surface area contributed by atoms with E-state index in [1.807, 2.05) is 163 Å². The lowest BCUT2D eigenvalue weighted by Crippen LogP contribution is -2.35. The highest BCUT2D eigenvalue weighted by Gasteiger charge is 2.36. The zero-order chi connectivity index (χ0) is 99.2. The number of nitrogens with zero attached hydrogens (tertiary/aromatic N) is 26. The van der Waals surface area contributed by atoms with Crippen molar-refractivity contribution in [2.45, 2.75) is 115 Å². The fraction of sp³-hybridized carbons (Fsp3) is 0.435. The number of hydrogen-bond acceptors (Lipinski definition) is 34. The Bertz CT molecular complexity index is 6170. The predicted octanol–water partition coefficient (Wildman–Crippen LogP) is 8.00. The van der Waals surface area contributed by atoms with Crippen molar-refractivity contribution in [2.24, 2.45) is 0 Å². The maximum Gasteiger partial charge on any atom is 0.488 e. The SMILES string of the molecule is CC(C)(C)OC(=O)N1CC[C@@H](n2nc(I)c3c(N)ncnc32)C1.CC(C)(C)OC(=O)N1CC[C@H](O)C1.CN(C)C/C=C/C(=O)N1CC[C@@H](n2nc(-c3ccc(Cl)cc3)c3c(N)ncnc32)C1.CN(C)C/C=C/C(=O)N1CC[C@@H](n2nc(I)c3c(N)ncnc32)C1.CN(C)C/C=C/C(=O)O.Nc1ncnc2c1c(I)nn2[C@@H]1CCNC1.Nc1ncnc2n[nH]c(I)c12.OB(O)c1ccc(Cl)cc1. The molecule has 136 heavy (non-hydrogen) atoms. The zero-order valence-corrected chi connectivity index (χ0v) is 87.2. The summed E-state index contributed by atoms with van der Waals surface area (Å²) in [7, 11) is 10.2. The molecule has 0 saturated carbocycles. The van der Waals surface area contributed by atoms with Crippen LogP contribution in [0, 0.1) is 14.8 Å². The van der Waals surface area contributed by atoms with Crippen LogP contribution < -0.4 is 39.4 Å². The van der Waals surface area contributed by atoms with Crippen molar-refractivity contribution in [2.75, 3.05) is 156 Å². The number of benzene rings is 2. The van der Waals surface area contributed by atoms with Gasteiger partial charge in [-0.05, 0) is 243 Å². The number of likely N-dealkylation sites (tertiary alicyclic amines) is 4. The van der Waals surface area contributed by atoms with Gasteiger partial charge in [-0.25, -0.2) is 83.0 Å². The first-order valence-electron chi connectivity index (χ1n) is 42.9. The normalized spacial score (nSPS) is 17.1. The highest BCUT2D eigenvalue weighted by Crippen LogP contribution is 2.37. The molecule has 51 heteroatoms. The van der Waals surface area contributed by atoms with Gasteiger partial charge in [0.25, 0.3) is 0 Å². The molecule has 16 N–H and O–H groups in total. The number of aliphatic hydroxyl groups excluding tert-OH is 1. The number of β-amino-alcohol motifs (C(OH)–C–C–N with tert-alkyl or cyclic N) is 1. The molecule has 12 aromatic rings. The second-order valence-electron chi connectivity index (χ2n) is 34.4. The minimum atomic E-state index is -1.41. The maximum atomic E-state index is 12.5. The van der Waals surface area contributed by atoms with Crippen LogP contribution in [0.5, 0.6) is 0 Å². The smallest absolute Gasteiger partial charge is 0.478 e. The first-order valence-corrected chi connectivity index (χ1v) is 48.0. The molecule has 0 radical (unpaired) electrons. The number of aliphatic hydroxyl groups is 1. The molecule has 5 atom stereocenters. The Morgan fingerprint density at radius 3 is 1.22 bits per heavy atom. The summed E-state index contributed by atoms with van der Waals surface area (Å²) in [6.45, 7) is 20.0. The number of nitrogen functional groups attached to an aromatic ring is 5. The average molecular weight is 2360 g/mol. The molecule has 5 saturated heterocycles. The number of H-pyrrole nitrogens is 1. The molecule has 5 aliphatic rings. The number of carbonyl (C=O) groups is 5. The van der Waals surface area contributed by atoms with Gasteiger partial charge in [0.15, 0.2) is 28.2 Å². The fourth-order valence-electron chi connectivity index (χ4n) is 14.3. The third-order valence-corrected chi connectivity index (χ3v) is 24.3. The number of carboxylic acid groups (broad SMARTS) is 1. The molecule has 4 amide bonds. The lowest BCUT2D eigenvalue weighted by molar-refractivity contribution is -0.131. The minimum absolute atomic E-state index is 0.0166. The maximum absolute atomic E-state index is 12.5. The van der Waals surface area contributed by atoms with Crippen molar-refractivity contribution >= 4 is 240 Å². The average Bonchev–Trinajstić information content (AvgIpc) is 1.63. The monoisotopic (exact) mass is 2360 g/mol. The minimum Gasteiger partial charge on any atom is -0.478 e. The van der Waals surface area contributed by atoms with E-state index in [0.29, 0.717) is 133 Å². The van der Waals surface area contributed by atoms with Crippen LogP contribution >= 0.6 is 114 Å². The summed E-state index contributed by atoms with van der Waals surface area (Å²) in [5.74, 6) is 1.38. The van der Waals surface area contributed by atoms with Crippen LogP contribution in [0.2, 0.25) is 10.0 Å². The van der Waals surface area contributed by atoms with E-state index in [4.69, 9.17) is 81.6 Å². The van der Waals surface area contributed by atoms with E-state index < -0.39 is 24.3 Å². The van der Waals surface area contributed by atoms with Gasteiger partial charge in [0.05, 0.1) is 57.2 Å². The van der Waals surface area contributed by atoms with E-state index in [-0.39, 0.29) is 48.2 Å². The number of aromatic nitrogens is 20. The Hall–Kier alpha value is -10.4. The number of carboxylic acids is 1. The van der Waals surface area contributed by atoms with Crippen LogP contribution in [-0.2, 0) is 23.9 Å². The number of carbonyl (C=O) groups excluding carboxylic acids is 4. The van der Waals surface area contributed by atoms with Crippen molar-refractivity contribution in [1.82, 2.24) is 139 Å². The number of fused-ring (bicyclic) bond motifs is 5. The number of nitrogens with two attached hydrogens (primary N) is 5. The van der Waals surface area contributed by atoms with Gasteiger partial charge in [-0.3, -0.25) is 14.7 Å². The van der Waals surface area contributed by atoms with Crippen molar-refractivity contribution in [3.05, 3.63) is 141 Å². The Morgan fingerprint density at radius 1 is 0.478 bits per heavy atom. The van der Waals surface area contributed by atoms with Gasteiger partial charge in [-0.1, -0.05) is 65.7 Å². The number of ether oxygens (including phenoxy) is 2. The Balaban J connectivity index is 0.000000166. The number of aromatic amines is 1. The molecular weight excluding hydrogens is 2250 g/mol. The van der Waals surface area contributed by atoms with Crippen molar-refractivity contribution in [3.63, 3.8) is 0 Å². The molecule has 17 rings (SSSR count). The molecule has 0 bridgehead atoms. The summed E-state index contributed by atoms with van der Waals surface area (Å²) in [4.78, 5) is 112. The quantitative estimate of drug-likeness (QED) is 0.0263. The van der Waals surface area contributed by atoms with Crippen LogP contribution in [0.15, 0.2) is 117 Å². The van der Waals surface area contributed by atoms with Gasteiger partial charge in [-0.2, -0.15) is 25.5 Å². The van der Waals surface area contributed by atoms with Gasteiger partial charge in [0.2, 0.25) is 11.8 Å². The fourth-order valence-corrected chi connectivity index (χ4v) is 17.4. The van der Waals surface area contributed by atoms with E-state index in [1.165, 1.54) is 36.5 Å². The Morgan fingerprint density at radius 2 is 0.838 bits per heavy atom. The third-order valence-electron chi connectivity index (χ3n) is 20.8. The van der Waals surface area contributed by atoms with Crippen LogP contribution in [0.4, 0.5) is 38.7 Å². The number of halogens is 6. The molecule has 44 nitrogen and oxygen atoms in total. The summed E-state index contributed by atoms with van der Waals surface area (Å²) in [6, 6.07) is 14.3. The van der Waals surface area contributed by atoms with E-state index in [2.05, 4.69) is 171 Å². The predicted molar refractivity (Wildman–Crippen MR) is 555 cm³/mol. The molecule has 15 heterocycles. The molecular formula is C85H112BCl2I4N33O11. The van der Waals surface area contributed by atoms with Crippen molar-refractivity contribution < 1.29 is 53.7 Å². The summed E-state index contributed by atoms with van der Waals surface area (Å²) >= 11 is 20.1. The van der Waals surface area contributed by atoms with Crippen LogP contribution in [0.3, 0.4) is 0 Å². The van der Waals surface area contributed by atoms with Gasteiger partial charge in [-0.15, -0.1) is 0 Å². The summed E-state index contributed by atoms with van der Waals surface area (Å²) in [5.41, 5.74) is 34.1.